The zero-order chi connectivity index (χ0) is 16.8. The zero-order valence-corrected chi connectivity index (χ0v) is 14.1. The van der Waals surface area contributed by atoms with Crippen LogP contribution in [0, 0.1) is 5.92 Å². The van der Waals surface area contributed by atoms with Crippen molar-refractivity contribution >= 4 is 11.9 Å². The first-order valence-corrected chi connectivity index (χ1v) is 8.23. The highest BCUT2D eigenvalue weighted by Gasteiger charge is 2.29. The number of hydrogen-bond acceptors (Lipinski definition) is 4. The molecule has 0 unspecified atom stereocenters. The Labute approximate surface area is 137 Å². The number of likely N-dealkylation sites (tertiary alicyclic amines) is 1. The summed E-state index contributed by atoms with van der Waals surface area (Å²) in [6, 6.07) is 5.72. The van der Waals surface area contributed by atoms with Crippen LogP contribution in [0.1, 0.15) is 42.6 Å². The number of hydrogen-bond donors (Lipinski definition) is 0. The van der Waals surface area contributed by atoms with Crippen LogP contribution in [0.25, 0.3) is 0 Å². The molecule has 23 heavy (non-hydrogen) atoms. The largest absolute Gasteiger partial charge is 0.496 e. The van der Waals surface area contributed by atoms with Crippen molar-refractivity contribution in [2.45, 2.75) is 33.1 Å². The molecule has 1 aliphatic rings. The summed E-state index contributed by atoms with van der Waals surface area (Å²) in [5, 5.41) is 0. The summed E-state index contributed by atoms with van der Waals surface area (Å²) in [7, 11) is 1.57. The maximum atomic E-state index is 12.8. The average molecular weight is 319 g/mol. The van der Waals surface area contributed by atoms with E-state index in [0.29, 0.717) is 43.9 Å². The van der Waals surface area contributed by atoms with Crippen LogP contribution in [0.4, 0.5) is 0 Å². The smallest absolute Gasteiger partial charge is 0.309 e. The van der Waals surface area contributed by atoms with Crippen molar-refractivity contribution in [1.82, 2.24) is 4.90 Å². The third kappa shape index (κ3) is 4.03. The minimum absolute atomic E-state index is 0.0283. The minimum atomic E-state index is -0.148. The summed E-state index contributed by atoms with van der Waals surface area (Å²) in [6.07, 6.45) is 2.18. The van der Waals surface area contributed by atoms with E-state index in [9.17, 15) is 9.59 Å². The van der Waals surface area contributed by atoms with E-state index in [-0.39, 0.29) is 17.8 Å². The Morgan fingerprint density at radius 1 is 1.22 bits per heavy atom. The van der Waals surface area contributed by atoms with E-state index in [4.69, 9.17) is 9.47 Å². The molecule has 0 N–H and O–H groups in total. The van der Waals surface area contributed by atoms with Crippen molar-refractivity contribution in [3.8, 4) is 5.75 Å². The van der Waals surface area contributed by atoms with E-state index in [1.807, 2.05) is 25.1 Å². The van der Waals surface area contributed by atoms with Crippen LogP contribution in [0.3, 0.4) is 0 Å². The highest BCUT2D eigenvalue weighted by Crippen LogP contribution is 2.25. The van der Waals surface area contributed by atoms with E-state index in [0.717, 1.165) is 12.0 Å². The zero-order valence-electron chi connectivity index (χ0n) is 14.1. The second kappa shape index (κ2) is 7.99. The maximum absolute atomic E-state index is 12.8. The van der Waals surface area contributed by atoms with Gasteiger partial charge in [0.2, 0.25) is 0 Å². The second-order valence-corrected chi connectivity index (χ2v) is 5.71. The molecule has 1 heterocycles. The molecule has 5 nitrogen and oxygen atoms in total. The van der Waals surface area contributed by atoms with Gasteiger partial charge in [-0.05, 0) is 43.9 Å². The molecule has 1 amide bonds. The Morgan fingerprint density at radius 2 is 1.91 bits per heavy atom. The minimum Gasteiger partial charge on any atom is -0.496 e. The Bertz CT molecular complexity index is 562. The molecule has 1 saturated heterocycles. The standard InChI is InChI=1S/C18H25NO4/c1-4-13-6-7-16(22-3)15(12-13)17(20)19-10-8-14(9-11-19)18(21)23-5-2/h6-7,12,14H,4-5,8-11H2,1-3H3. The number of benzene rings is 1. The number of aryl methyl sites for hydroxylation is 1. The van der Waals surface area contributed by atoms with Crippen molar-refractivity contribution < 1.29 is 19.1 Å². The summed E-state index contributed by atoms with van der Waals surface area (Å²) >= 11 is 0. The van der Waals surface area contributed by atoms with E-state index >= 15 is 0 Å². The van der Waals surface area contributed by atoms with Crippen LogP contribution in [0.5, 0.6) is 5.75 Å². The molecule has 1 fully saturated rings. The van der Waals surface area contributed by atoms with Gasteiger partial charge in [0, 0.05) is 13.1 Å². The fourth-order valence-electron chi connectivity index (χ4n) is 2.89. The molecular weight excluding hydrogens is 294 g/mol. The molecule has 0 spiro atoms. The lowest BCUT2D eigenvalue weighted by molar-refractivity contribution is -0.149. The van der Waals surface area contributed by atoms with E-state index in [1.165, 1.54) is 0 Å². The number of carbonyl (C=O) groups is 2. The lowest BCUT2D eigenvalue weighted by Crippen LogP contribution is -2.40. The number of methoxy groups -OCH3 is 1. The number of rotatable bonds is 5. The number of carbonyl (C=O) groups excluding carboxylic acids is 2. The first-order chi connectivity index (χ1) is 11.1. The SMILES string of the molecule is CCOC(=O)C1CCN(C(=O)c2cc(CC)ccc2OC)CC1. The number of esters is 1. The highest BCUT2D eigenvalue weighted by molar-refractivity contribution is 5.97. The first-order valence-electron chi connectivity index (χ1n) is 8.23. The summed E-state index contributed by atoms with van der Waals surface area (Å²) in [6.45, 7) is 5.41. The Kier molecular flexibility index (Phi) is 6.02. The summed E-state index contributed by atoms with van der Waals surface area (Å²) in [5.41, 5.74) is 1.71. The summed E-state index contributed by atoms with van der Waals surface area (Å²) < 4.78 is 10.4. The number of amides is 1. The van der Waals surface area contributed by atoms with Gasteiger partial charge >= 0.3 is 5.97 Å². The molecule has 0 aliphatic carbocycles. The summed E-state index contributed by atoms with van der Waals surface area (Å²) in [4.78, 5) is 26.4. The van der Waals surface area contributed by atoms with Gasteiger partial charge in [-0.25, -0.2) is 0 Å². The molecule has 1 aromatic rings. The van der Waals surface area contributed by atoms with Gasteiger partial charge in [-0.1, -0.05) is 13.0 Å². The topological polar surface area (TPSA) is 55.8 Å². The molecule has 2 rings (SSSR count). The Hall–Kier alpha value is -2.04. The molecule has 0 bridgehead atoms. The molecule has 1 aromatic carbocycles. The maximum Gasteiger partial charge on any atom is 0.309 e. The van der Waals surface area contributed by atoms with Gasteiger partial charge in [0.15, 0.2) is 0 Å². The molecule has 0 radical (unpaired) electrons. The molecular formula is C18H25NO4. The van der Waals surface area contributed by atoms with Crippen molar-refractivity contribution in [1.29, 1.82) is 0 Å². The van der Waals surface area contributed by atoms with Crippen molar-refractivity contribution in [2.75, 3.05) is 26.8 Å². The number of nitrogens with zero attached hydrogens (tertiary/aromatic N) is 1. The molecule has 0 atom stereocenters. The Morgan fingerprint density at radius 3 is 2.48 bits per heavy atom. The molecule has 0 aromatic heterocycles. The molecule has 126 valence electrons. The van der Waals surface area contributed by atoms with E-state index < -0.39 is 0 Å². The first kappa shape index (κ1) is 17.3. The van der Waals surface area contributed by atoms with Gasteiger partial charge in [-0.3, -0.25) is 9.59 Å². The third-order valence-corrected chi connectivity index (χ3v) is 4.30. The number of piperidine rings is 1. The number of ether oxygens (including phenoxy) is 2. The van der Waals surface area contributed by atoms with Gasteiger partial charge < -0.3 is 14.4 Å². The molecule has 5 heteroatoms. The van der Waals surface area contributed by atoms with E-state index in [1.54, 1.807) is 12.0 Å². The normalized spacial score (nSPS) is 15.3. The predicted molar refractivity (Wildman–Crippen MR) is 87.6 cm³/mol. The van der Waals surface area contributed by atoms with Gasteiger partial charge in [0.05, 0.1) is 25.2 Å². The monoisotopic (exact) mass is 319 g/mol. The van der Waals surface area contributed by atoms with Crippen molar-refractivity contribution in [3.05, 3.63) is 29.3 Å². The third-order valence-electron chi connectivity index (χ3n) is 4.30. The average Bonchev–Trinajstić information content (AvgIpc) is 2.60. The lowest BCUT2D eigenvalue weighted by Gasteiger charge is -2.31. The van der Waals surface area contributed by atoms with Crippen LogP contribution in [-0.2, 0) is 16.0 Å². The van der Waals surface area contributed by atoms with Gasteiger partial charge in [0.1, 0.15) is 5.75 Å². The second-order valence-electron chi connectivity index (χ2n) is 5.71. The van der Waals surface area contributed by atoms with E-state index in [2.05, 4.69) is 6.92 Å². The van der Waals surface area contributed by atoms with Crippen LogP contribution < -0.4 is 4.74 Å². The van der Waals surface area contributed by atoms with Crippen molar-refractivity contribution in [3.63, 3.8) is 0 Å². The van der Waals surface area contributed by atoms with Crippen molar-refractivity contribution in [2.24, 2.45) is 5.92 Å². The quantitative estimate of drug-likeness (QED) is 0.783. The Balaban J connectivity index is 2.06. The van der Waals surface area contributed by atoms with Gasteiger partial charge in [0.25, 0.3) is 5.91 Å². The highest BCUT2D eigenvalue weighted by atomic mass is 16.5. The summed E-state index contributed by atoms with van der Waals surface area (Å²) in [5.74, 6) is 0.326. The van der Waals surface area contributed by atoms with Crippen LogP contribution >= 0.6 is 0 Å². The van der Waals surface area contributed by atoms with Gasteiger partial charge in [-0.2, -0.15) is 0 Å². The fourth-order valence-corrected chi connectivity index (χ4v) is 2.89. The van der Waals surface area contributed by atoms with Gasteiger partial charge in [-0.15, -0.1) is 0 Å². The lowest BCUT2D eigenvalue weighted by atomic mass is 9.96. The predicted octanol–water partition coefficient (Wildman–Crippen LogP) is 2.67. The van der Waals surface area contributed by atoms with Crippen LogP contribution in [0.15, 0.2) is 18.2 Å². The molecule has 1 aliphatic heterocycles. The molecule has 0 saturated carbocycles. The van der Waals surface area contributed by atoms with Crippen LogP contribution in [-0.4, -0.2) is 43.6 Å². The van der Waals surface area contributed by atoms with Crippen LogP contribution in [0.2, 0.25) is 0 Å². The fraction of sp³-hybridized carbons (Fsp3) is 0.556.